The summed E-state index contributed by atoms with van der Waals surface area (Å²) in [5, 5.41) is 4.83. The molecule has 164 valence electrons. The maximum Gasteiger partial charge on any atom is 0.264 e. The lowest BCUT2D eigenvalue weighted by Crippen LogP contribution is -2.39. The topological polar surface area (TPSA) is 73.0 Å². The fourth-order valence-electron chi connectivity index (χ4n) is 4.31. The van der Waals surface area contributed by atoms with Crippen LogP contribution in [-0.4, -0.2) is 43.2 Å². The molecule has 1 aromatic carbocycles. The highest BCUT2D eigenvalue weighted by Gasteiger charge is 2.23. The van der Waals surface area contributed by atoms with Crippen molar-refractivity contribution >= 4 is 16.9 Å². The van der Waals surface area contributed by atoms with Gasteiger partial charge in [0.15, 0.2) is 5.65 Å². The van der Waals surface area contributed by atoms with Crippen molar-refractivity contribution in [3.05, 3.63) is 58.8 Å². The molecule has 7 heteroatoms. The van der Waals surface area contributed by atoms with E-state index in [9.17, 15) is 9.59 Å². The lowest BCUT2D eigenvalue weighted by Gasteiger charge is -2.32. The molecule has 0 N–H and O–H groups in total. The minimum absolute atomic E-state index is 0.107. The summed E-state index contributed by atoms with van der Waals surface area (Å²) in [6, 6.07) is 10.5. The van der Waals surface area contributed by atoms with Crippen LogP contribution in [0.15, 0.2) is 47.7 Å². The monoisotopic (exact) mass is 421 g/mol. The Hall–Kier alpha value is -2.96. The molecular formula is C24H31N5O2. The number of fused-ring (bicyclic) bond motifs is 1. The average Bonchev–Trinajstić information content (AvgIpc) is 3.20. The van der Waals surface area contributed by atoms with Crippen LogP contribution >= 0.6 is 0 Å². The molecule has 1 saturated heterocycles. The molecule has 7 nitrogen and oxygen atoms in total. The Labute approximate surface area is 182 Å². The lowest BCUT2D eigenvalue weighted by molar-refractivity contribution is -0.132. The third-order valence-corrected chi connectivity index (χ3v) is 6.09. The van der Waals surface area contributed by atoms with Gasteiger partial charge in [0, 0.05) is 26.1 Å². The first-order valence-corrected chi connectivity index (χ1v) is 11.1. The van der Waals surface area contributed by atoms with Gasteiger partial charge in [-0.1, -0.05) is 30.3 Å². The van der Waals surface area contributed by atoms with Crippen molar-refractivity contribution in [2.45, 2.75) is 58.5 Å². The summed E-state index contributed by atoms with van der Waals surface area (Å²) >= 11 is 0. The van der Waals surface area contributed by atoms with Crippen molar-refractivity contribution in [3.8, 4) is 0 Å². The van der Waals surface area contributed by atoms with E-state index in [2.05, 4.69) is 34.3 Å². The van der Waals surface area contributed by atoms with E-state index in [1.807, 2.05) is 31.7 Å². The summed E-state index contributed by atoms with van der Waals surface area (Å²) in [5.41, 5.74) is 1.55. The number of hydrogen-bond acceptors (Lipinski definition) is 4. The van der Waals surface area contributed by atoms with Crippen molar-refractivity contribution < 1.29 is 4.79 Å². The van der Waals surface area contributed by atoms with E-state index in [4.69, 9.17) is 0 Å². The van der Waals surface area contributed by atoms with Crippen LogP contribution < -0.4 is 5.56 Å². The number of amides is 1. The number of aromatic nitrogens is 4. The number of rotatable bonds is 5. The fraction of sp³-hybridized carbons (Fsp3) is 0.500. The van der Waals surface area contributed by atoms with Crippen LogP contribution in [0.4, 0.5) is 0 Å². The first kappa shape index (κ1) is 21.3. The Balaban J connectivity index is 1.33. The van der Waals surface area contributed by atoms with Crippen LogP contribution in [0.3, 0.4) is 0 Å². The molecule has 0 aliphatic carbocycles. The van der Waals surface area contributed by atoms with Gasteiger partial charge in [-0.25, -0.2) is 9.67 Å². The highest BCUT2D eigenvalue weighted by Crippen LogP contribution is 2.22. The van der Waals surface area contributed by atoms with Crippen molar-refractivity contribution in [3.63, 3.8) is 0 Å². The number of carbonyl (C=O) groups is 1. The molecule has 2 aromatic heterocycles. The third-order valence-electron chi connectivity index (χ3n) is 6.09. The van der Waals surface area contributed by atoms with E-state index in [-0.39, 0.29) is 17.0 Å². The van der Waals surface area contributed by atoms with Crippen molar-refractivity contribution in [1.82, 2.24) is 24.2 Å². The molecule has 1 amide bonds. The summed E-state index contributed by atoms with van der Waals surface area (Å²) in [5.74, 6) is 0.732. The molecule has 0 spiro atoms. The smallest absolute Gasteiger partial charge is 0.264 e. The molecule has 3 aromatic rings. The first-order chi connectivity index (χ1) is 14.8. The van der Waals surface area contributed by atoms with Gasteiger partial charge >= 0.3 is 0 Å². The number of hydrogen-bond donors (Lipinski definition) is 0. The standard InChI is InChI=1S/C24H31N5O2/c1-24(2,3)29-22-20(16-26-29)23(31)28(17-25-22)14-11-21(30)27-12-9-19(10-13-27)15-18-7-5-4-6-8-18/h4-8,16-17,19H,9-15H2,1-3H3. The van der Waals surface area contributed by atoms with Gasteiger partial charge in [-0.15, -0.1) is 0 Å². The molecule has 31 heavy (non-hydrogen) atoms. The van der Waals surface area contributed by atoms with Gasteiger partial charge in [-0.3, -0.25) is 14.2 Å². The molecular weight excluding hydrogens is 390 g/mol. The van der Waals surface area contributed by atoms with Gasteiger partial charge in [-0.05, 0) is 51.5 Å². The molecule has 1 fully saturated rings. The predicted molar refractivity (Wildman–Crippen MR) is 121 cm³/mol. The highest BCUT2D eigenvalue weighted by molar-refractivity contribution is 5.76. The largest absolute Gasteiger partial charge is 0.343 e. The van der Waals surface area contributed by atoms with Crippen LogP contribution in [0, 0.1) is 5.92 Å². The van der Waals surface area contributed by atoms with E-state index in [0.717, 1.165) is 32.4 Å². The van der Waals surface area contributed by atoms with E-state index in [1.54, 1.807) is 10.9 Å². The molecule has 4 rings (SSSR count). The van der Waals surface area contributed by atoms with Gasteiger partial charge in [0.25, 0.3) is 5.56 Å². The number of carbonyl (C=O) groups excluding carboxylic acids is 1. The summed E-state index contributed by atoms with van der Waals surface area (Å²) in [6.45, 7) is 7.99. The molecule has 3 heterocycles. The molecule has 0 unspecified atom stereocenters. The Morgan fingerprint density at radius 2 is 1.84 bits per heavy atom. The quantitative estimate of drug-likeness (QED) is 0.634. The summed E-state index contributed by atoms with van der Waals surface area (Å²) in [6.07, 6.45) is 6.55. The van der Waals surface area contributed by atoms with E-state index >= 15 is 0 Å². The number of nitrogens with zero attached hydrogens (tertiary/aromatic N) is 5. The molecule has 0 atom stereocenters. The maximum absolute atomic E-state index is 12.8. The van der Waals surface area contributed by atoms with Gasteiger partial charge in [0.05, 0.1) is 18.1 Å². The number of piperidine rings is 1. The second kappa shape index (κ2) is 8.65. The van der Waals surface area contributed by atoms with Gasteiger partial charge in [-0.2, -0.15) is 5.10 Å². The van der Waals surface area contributed by atoms with Gasteiger partial charge in [0.1, 0.15) is 5.39 Å². The minimum Gasteiger partial charge on any atom is -0.343 e. The number of likely N-dealkylation sites (tertiary alicyclic amines) is 1. The fourth-order valence-corrected chi connectivity index (χ4v) is 4.31. The average molecular weight is 422 g/mol. The minimum atomic E-state index is -0.254. The zero-order valence-electron chi connectivity index (χ0n) is 18.6. The highest BCUT2D eigenvalue weighted by atomic mass is 16.2. The SMILES string of the molecule is CC(C)(C)n1ncc2c(=O)n(CCC(=O)N3CCC(Cc4ccccc4)CC3)cnc21. The van der Waals surface area contributed by atoms with E-state index < -0.39 is 0 Å². The zero-order chi connectivity index (χ0) is 22.0. The first-order valence-electron chi connectivity index (χ1n) is 11.1. The van der Waals surface area contributed by atoms with Gasteiger partial charge < -0.3 is 4.90 Å². The lowest BCUT2D eigenvalue weighted by atomic mass is 9.90. The Morgan fingerprint density at radius 1 is 1.13 bits per heavy atom. The normalized spacial score (nSPS) is 15.5. The van der Waals surface area contributed by atoms with Crippen LogP contribution in [0.5, 0.6) is 0 Å². The van der Waals surface area contributed by atoms with Crippen LogP contribution in [0.1, 0.15) is 45.6 Å². The summed E-state index contributed by atoms with van der Waals surface area (Å²) in [4.78, 5) is 31.9. The van der Waals surface area contributed by atoms with Crippen LogP contribution in [0.25, 0.3) is 11.0 Å². The molecule has 1 aliphatic heterocycles. The van der Waals surface area contributed by atoms with Gasteiger partial charge in [0.2, 0.25) is 5.91 Å². The number of aryl methyl sites for hydroxylation is 1. The Kier molecular flexibility index (Phi) is 5.94. The Bertz CT molecular complexity index is 1100. The van der Waals surface area contributed by atoms with Crippen molar-refractivity contribution in [2.24, 2.45) is 5.92 Å². The zero-order valence-corrected chi connectivity index (χ0v) is 18.6. The Morgan fingerprint density at radius 3 is 2.52 bits per heavy atom. The maximum atomic E-state index is 12.8. The predicted octanol–water partition coefficient (Wildman–Crippen LogP) is 3.22. The van der Waals surface area contributed by atoms with Crippen molar-refractivity contribution in [2.75, 3.05) is 13.1 Å². The van der Waals surface area contributed by atoms with Crippen LogP contribution in [-0.2, 0) is 23.3 Å². The molecule has 0 radical (unpaired) electrons. The second-order valence-electron chi connectivity index (χ2n) is 9.47. The third kappa shape index (κ3) is 4.70. The summed E-state index contributed by atoms with van der Waals surface area (Å²) < 4.78 is 3.29. The van der Waals surface area contributed by atoms with Crippen LogP contribution in [0.2, 0.25) is 0 Å². The molecule has 0 saturated carbocycles. The van der Waals surface area contributed by atoms with E-state index in [1.165, 1.54) is 16.5 Å². The second-order valence-corrected chi connectivity index (χ2v) is 9.47. The molecule has 0 bridgehead atoms. The van der Waals surface area contributed by atoms with E-state index in [0.29, 0.717) is 29.9 Å². The molecule has 1 aliphatic rings. The van der Waals surface area contributed by atoms with Crippen molar-refractivity contribution in [1.29, 1.82) is 0 Å². The summed E-state index contributed by atoms with van der Waals surface area (Å²) in [7, 11) is 0. The number of benzene rings is 1.